The van der Waals surface area contributed by atoms with Crippen LogP contribution in [0.2, 0.25) is 0 Å². The van der Waals surface area contributed by atoms with E-state index in [-0.39, 0.29) is 16.7 Å². The standard InChI is InChI=1S/C13H19BrN2O2/c1-13(2,3)7-16(4)11-5-8(12(17)18)10(15)6-9(11)14/h5-6H,7,15H2,1-4H3,(H,17,18). The minimum absolute atomic E-state index is 0.124. The third kappa shape index (κ3) is 3.63. The average Bonchev–Trinajstić information content (AvgIpc) is 2.13. The molecule has 1 aromatic rings. The Labute approximate surface area is 116 Å². The lowest BCUT2D eigenvalue weighted by Gasteiger charge is -2.29. The van der Waals surface area contributed by atoms with E-state index in [9.17, 15) is 4.79 Å². The van der Waals surface area contributed by atoms with Crippen LogP contribution in [-0.4, -0.2) is 24.7 Å². The number of rotatable bonds is 3. The number of halogens is 1. The zero-order chi connectivity index (χ0) is 14.1. The lowest BCUT2D eigenvalue weighted by atomic mass is 9.96. The summed E-state index contributed by atoms with van der Waals surface area (Å²) in [5.41, 5.74) is 7.04. The minimum atomic E-state index is -1.01. The van der Waals surface area contributed by atoms with Gasteiger partial charge in [0.15, 0.2) is 0 Å². The SMILES string of the molecule is CN(CC(C)(C)C)c1cc(C(=O)O)c(N)cc1Br. The molecule has 0 fully saturated rings. The van der Waals surface area contributed by atoms with Crippen molar-refractivity contribution >= 4 is 33.3 Å². The minimum Gasteiger partial charge on any atom is -0.478 e. The highest BCUT2D eigenvalue weighted by Crippen LogP contribution is 2.32. The zero-order valence-electron chi connectivity index (χ0n) is 11.1. The number of hydrogen-bond donors (Lipinski definition) is 2. The van der Waals surface area contributed by atoms with Crippen LogP contribution in [0.1, 0.15) is 31.1 Å². The quantitative estimate of drug-likeness (QED) is 0.841. The Hall–Kier alpha value is -1.23. The molecule has 4 nitrogen and oxygen atoms in total. The third-order valence-corrected chi connectivity index (χ3v) is 3.11. The maximum atomic E-state index is 11.1. The van der Waals surface area contributed by atoms with Gasteiger partial charge in [-0.3, -0.25) is 0 Å². The maximum Gasteiger partial charge on any atom is 0.337 e. The van der Waals surface area contributed by atoms with Crippen LogP contribution in [0.3, 0.4) is 0 Å². The monoisotopic (exact) mass is 314 g/mol. The Kier molecular flexibility index (Phi) is 4.27. The summed E-state index contributed by atoms with van der Waals surface area (Å²) in [7, 11) is 1.94. The molecule has 0 saturated heterocycles. The van der Waals surface area contributed by atoms with Crippen molar-refractivity contribution in [2.75, 3.05) is 24.2 Å². The maximum absolute atomic E-state index is 11.1. The zero-order valence-corrected chi connectivity index (χ0v) is 12.7. The van der Waals surface area contributed by atoms with Crippen molar-refractivity contribution in [3.63, 3.8) is 0 Å². The van der Waals surface area contributed by atoms with E-state index >= 15 is 0 Å². The molecule has 100 valence electrons. The molecule has 0 atom stereocenters. The Bertz CT molecular complexity index is 467. The molecule has 0 aliphatic heterocycles. The Morgan fingerprint density at radius 3 is 2.44 bits per heavy atom. The molecule has 3 N–H and O–H groups in total. The summed E-state index contributed by atoms with van der Waals surface area (Å²) in [4.78, 5) is 13.1. The number of anilines is 2. The van der Waals surface area contributed by atoms with Crippen molar-refractivity contribution in [1.82, 2.24) is 0 Å². The van der Waals surface area contributed by atoms with Crippen LogP contribution in [0.5, 0.6) is 0 Å². The van der Waals surface area contributed by atoms with Crippen LogP contribution in [0.4, 0.5) is 11.4 Å². The molecule has 0 bridgehead atoms. The lowest BCUT2D eigenvalue weighted by molar-refractivity contribution is 0.0698. The number of nitrogen functional groups attached to an aromatic ring is 1. The Morgan fingerprint density at radius 1 is 1.44 bits per heavy atom. The summed E-state index contributed by atoms with van der Waals surface area (Å²) in [5.74, 6) is -1.01. The summed E-state index contributed by atoms with van der Waals surface area (Å²) in [6, 6.07) is 3.24. The summed E-state index contributed by atoms with van der Waals surface area (Å²) in [6.07, 6.45) is 0. The number of nitrogens with two attached hydrogens (primary N) is 1. The molecule has 1 aromatic carbocycles. The molecular formula is C13H19BrN2O2. The van der Waals surface area contributed by atoms with E-state index in [0.29, 0.717) is 0 Å². The van der Waals surface area contributed by atoms with Gasteiger partial charge in [0.05, 0.1) is 11.3 Å². The first-order valence-electron chi connectivity index (χ1n) is 5.65. The van der Waals surface area contributed by atoms with Crippen LogP contribution < -0.4 is 10.6 Å². The fraction of sp³-hybridized carbons (Fsp3) is 0.462. The van der Waals surface area contributed by atoms with Gasteiger partial charge in [0.25, 0.3) is 0 Å². The van der Waals surface area contributed by atoms with Crippen LogP contribution in [0, 0.1) is 5.41 Å². The molecule has 5 heteroatoms. The van der Waals surface area contributed by atoms with Gasteiger partial charge in [-0.15, -0.1) is 0 Å². The highest BCUT2D eigenvalue weighted by Gasteiger charge is 2.18. The van der Waals surface area contributed by atoms with Crippen molar-refractivity contribution in [3.05, 3.63) is 22.2 Å². The number of carboxylic acids is 1. The Morgan fingerprint density at radius 2 is 2.00 bits per heavy atom. The van der Waals surface area contributed by atoms with Gasteiger partial charge in [-0.05, 0) is 33.5 Å². The first-order chi connectivity index (χ1) is 8.11. The molecule has 18 heavy (non-hydrogen) atoms. The highest BCUT2D eigenvalue weighted by molar-refractivity contribution is 9.10. The van der Waals surface area contributed by atoms with E-state index in [0.717, 1.165) is 16.7 Å². The summed E-state index contributed by atoms with van der Waals surface area (Å²) >= 11 is 3.42. The molecule has 0 aromatic heterocycles. The molecule has 1 rings (SSSR count). The predicted octanol–water partition coefficient (Wildman–Crippen LogP) is 3.21. The van der Waals surface area contributed by atoms with Crippen molar-refractivity contribution in [2.24, 2.45) is 5.41 Å². The van der Waals surface area contributed by atoms with E-state index in [1.165, 1.54) is 0 Å². The molecule has 0 saturated carbocycles. The second-order valence-electron chi connectivity index (χ2n) is 5.61. The lowest BCUT2D eigenvalue weighted by Crippen LogP contribution is -2.29. The summed E-state index contributed by atoms with van der Waals surface area (Å²) in [6.45, 7) is 7.21. The Balaban J connectivity index is 3.16. The van der Waals surface area contributed by atoms with Crippen molar-refractivity contribution < 1.29 is 9.90 Å². The number of nitrogens with zero attached hydrogens (tertiary/aromatic N) is 1. The third-order valence-electron chi connectivity index (χ3n) is 2.47. The fourth-order valence-corrected chi connectivity index (χ4v) is 2.52. The second kappa shape index (κ2) is 5.18. The number of benzene rings is 1. The van der Waals surface area contributed by atoms with E-state index in [1.807, 2.05) is 11.9 Å². The molecule has 0 unspecified atom stereocenters. The van der Waals surface area contributed by atoms with Gasteiger partial charge < -0.3 is 15.7 Å². The topological polar surface area (TPSA) is 66.6 Å². The van der Waals surface area contributed by atoms with E-state index in [1.54, 1.807) is 12.1 Å². The number of carbonyl (C=O) groups is 1. The molecule has 0 spiro atoms. The molecule has 0 aliphatic carbocycles. The first-order valence-corrected chi connectivity index (χ1v) is 6.44. The van der Waals surface area contributed by atoms with E-state index in [4.69, 9.17) is 10.8 Å². The van der Waals surface area contributed by atoms with E-state index in [2.05, 4.69) is 36.7 Å². The normalized spacial score (nSPS) is 11.4. The largest absolute Gasteiger partial charge is 0.478 e. The first kappa shape index (κ1) is 14.8. The van der Waals surface area contributed by atoms with Gasteiger partial charge in [0.2, 0.25) is 0 Å². The summed E-state index contributed by atoms with van der Waals surface area (Å²) < 4.78 is 0.803. The van der Waals surface area contributed by atoms with Gasteiger partial charge in [0, 0.05) is 23.8 Å². The number of aromatic carboxylic acids is 1. The fourth-order valence-electron chi connectivity index (χ4n) is 1.85. The molecule has 0 amide bonds. The van der Waals surface area contributed by atoms with Crippen LogP contribution in [0.25, 0.3) is 0 Å². The number of hydrogen-bond acceptors (Lipinski definition) is 3. The van der Waals surface area contributed by atoms with Crippen molar-refractivity contribution in [1.29, 1.82) is 0 Å². The molecule has 0 aliphatic rings. The highest BCUT2D eigenvalue weighted by atomic mass is 79.9. The molecule has 0 radical (unpaired) electrons. The molecule has 0 heterocycles. The van der Waals surface area contributed by atoms with Gasteiger partial charge in [-0.2, -0.15) is 0 Å². The molecular weight excluding hydrogens is 296 g/mol. The van der Waals surface area contributed by atoms with Crippen molar-refractivity contribution in [2.45, 2.75) is 20.8 Å². The second-order valence-corrected chi connectivity index (χ2v) is 6.47. The smallest absolute Gasteiger partial charge is 0.337 e. The van der Waals surface area contributed by atoms with Gasteiger partial charge in [-0.25, -0.2) is 4.79 Å². The summed E-state index contributed by atoms with van der Waals surface area (Å²) in [5, 5.41) is 9.08. The predicted molar refractivity (Wildman–Crippen MR) is 78.2 cm³/mol. The van der Waals surface area contributed by atoms with E-state index < -0.39 is 5.97 Å². The average molecular weight is 315 g/mol. The van der Waals surface area contributed by atoms with Crippen LogP contribution >= 0.6 is 15.9 Å². The van der Waals surface area contributed by atoms with Crippen molar-refractivity contribution in [3.8, 4) is 0 Å². The number of carboxylic acid groups (broad SMARTS) is 1. The van der Waals surface area contributed by atoms with Gasteiger partial charge in [0.1, 0.15) is 0 Å². The van der Waals surface area contributed by atoms with Gasteiger partial charge in [-0.1, -0.05) is 20.8 Å². The van der Waals surface area contributed by atoms with Crippen LogP contribution in [-0.2, 0) is 0 Å². The van der Waals surface area contributed by atoms with Gasteiger partial charge >= 0.3 is 5.97 Å². The van der Waals surface area contributed by atoms with Crippen LogP contribution in [0.15, 0.2) is 16.6 Å².